The number of aromatic nitrogens is 2. The van der Waals surface area contributed by atoms with E-state index in [0.717, 1.165) is 0 Å². The maximum Gasteiger partial charge on any atom is 0.362 e. The lowest BCUT2D eigenvalue weighted by Crippen LogP contribution is -2.13. The molecule has 0 aliphatic heterocycles. The van der Waals surface area contributed by atoms with Gasteiger partial charge in [0.25, 0.3) is 0 Å². The van der Waals surface area contributed by atoms with Crippen molar-refractivity contribution >= 4 is 16.9 Å². The number of ether oxygens (including phenoxy) is 2. The molecule has 0 fully saturated rings. The van der Waals surface area contributed by atoms with Crippen LogP contribution in [0.3, 0.4) is 0 Å². The third kappa shape index (κ3) is 2.79. The number of fused-ring (bicyclic) bond motifs is 1. The van der Waals surface area contributed by atoms with Gasteiger partial charge >= 0.3 is 5.97 Å². The number of hydrogen-bond acceptors (Lipinski definition) is 6. The predicted molar refractivity (Wildman–Crippen MR) is 68.1 cm³/mol. The van der Waals surface area contributed by atoms with Gasteiger partial charge in [0, 0.05) is 5.39 Å². The van der Waals surface area contributed by atoms with Crippen molar-refractivity contribution in [2.24, 2.45) is 0 Å². The summed E-state index contributed by atoms with van der Waals surface area (Å²) in [6.07, 6.45) is 0. The molecule has 0 atom stereocenters. The largest absolute Gasteiger partial charge is 0.488 e. The minimum atomic E-state index is -0.589. The van der Waals surface area contributed by atoms with Gasteiger partial charge in [-0.1, -0.05) is 12.1 Å². The molecule has 0 spiro atoms. The second-order valence-electron chi connectivity index (χ2n) is 3.69. The van der Waals surface area contributed by atoms with Crippen LogP contribution < -0.4 is 4.74 Å². The zero-order chi connectivity index (χ0) is 13.7. The summed E-state index contributed by atoms with van der Waals surface area (Å²) in [5.41, 5.74) is 0.637. The third-order valence-electron chi connectivity index (χ3n) is 2.43. The Labute approximate surface area is 110 Å². The number of rotatable bonds is 5. The van der Waals surface area contributed by atoms with Crippen molar-refractivity contribution in [3.63, 3.8) is 0 Å². The zero-order valence-electron chi connectivity index (χ0n) is 10.5. The van der Waals surface area contributed by atoms with Gasteiger partial charge in [0.1, 0.15) is 6.61 Å². The molecule has 1 N–H and O–H groups in total. The number of aliphatic hydroxyl groups excluding tert-OH is 1. The molecule has 19 heavy (non-hydrogen) atoms. The van der Waals surface area contributed by atoms with Crippen molar-refractivity contribution in [1.82, 2.24) is 10.2 Å². The molecule has 1 heterocycles. The van der Waals surface area contributed by atoms with Gasteiger partial charge in [-0.25, -0.2) is 4.79 Å². The van der Waals surface area contributed by atoms with Crippen molar-refractivity contribution in [3.05, 3.63) is 30.0 Å². The number of esters is 1. The highest BCUT2D eigenvalue weighted by atomic mass is 16.5. The molecule has 0 saturated heterocycles. The summed E-state index contributed by atoms with van der Waals surface area (Å²) >= 11 is 0. The summed E-state index contributed by atoms with van der Waals surface area (Å²) in [4.78, 5) is 11.8. The molecule has 1 aromatic carbocycles. The molecule has 0 bridgehead atoms. The van der Waals surface area contributed by atoms with Gasteiger partial charge in [0.05, 0.1) is 18.7 Å². The van der Waals surface area contributed by atoms with Crippen molar-refractivity contribution < 1.29 is 19.4 Å². The minimum absolute atomic E-state index is 0.0222. The van der Waals surface area contributed by atoms with Crippen LogP contribution in [0.5, 0.6) is 5.75 Å². The van der Waals surface area contributed by atoms with Crippen LogP contribution >= 0.6 is 0 Å². The Kier molecular flexibility index (Phi) is 4.25. The summed E-state index contributed by atoms with van der Waals surface area (Å²) in [6, 6.07) is 7.17. The Bertz CT molecular complexity index is 586. The number of carbonyl (C=O) groups is 1. The average molecular weight is 262 g/mol. The molecule has 0 saturated carbocycles. The van der Waals surface area contributed by atoms with Crippen LogP contribution in [0.2, 0.25) is 0 Å². The normalized spacial score (nSPS) is 10.4. The van der Waals surface area contributed by atoms with E-state index in [0.29, 0.717) is 10.9 Å². The first-order valence-corrected chi connectivity index (χ1v) is 5.94. The first-order valence-electron chi connectivity index (χ1n) is 5.94. The Hall–Kier alpha value is -2.21. The molecule has 0 unspecified atom stereocenters. The second kappa shape index (κ2) is 6.10. The van der Waals surface area contributed by atoms with E-state index >= 15 is 0 Å². The Balaban J connectivity index is 2.52. The maximum atomic E-state index is 11.8. The highest BCUT2D eigenvalue weighted by Crippen LogP contribution is 2.27. The fraction of sp³-hybridized carbons (Fsp3) is 0.308. The van der Waals surface area contributed by atoms with E-state index in [1.54, 1.807) is 19.1 Å². The van der Waals surface area contributed by atoms with Gasteiger partial charge in [-0.2, -0.15) is 0 Å². The van der Waals surface area contributed by atoms with Crippen molar-refractivity contribution in [1.29, 1.82) is 0 Å². The monoisotopic (exact) mass is 262 g/mol. The number of hydrogen-bond donors (Lipinski definition) is 1. The molecular formula is C13H14N2O4. The van der Waals surface area contributed by atoms with E-state index < -0.39 is 5.97 Å². The third-order valence-corrected chi connectivity index (χ3v) is 2.43. The molecule has 0 aliphatic rings. The van der Waals surface area contributed by atoms with Crippen molar-refractivity contribution in [2.75, 3.05) is 19.8 Å². The molecule has 0 radical (unpaired) electrons. The molecule has 100 valence electrons. The van der Waals surface area contributed by atoms with E-state index in [4.69, 9.17) is 14.6 Å². The molecule has 0 aliphatic carbocycles. The number of benzene rings is 1. The van der Waals surface area contributed by atoms with Crippen LogP contribution in [0, 0.1) is 0 Å². The summed E-state index contributed by atoms with van der Waals surface area (Å²) in [7, 11) is 0. The summed E-state index contributed by atoms with van der Waals surface area (Å²) < 4.78 is 10.3. The Morgan fingerprint density at radius 3 is 2.84 bits per heavy atom. The number of aliphatic hydroxyl groups is 1. The topological polar surface area (TPSA) is 81.5 Å². The van der Waals surface area contributed by atoms with Crippen molar-refractivity contribution in [3.8, 4) is 5.75 Å². The highest BCUT2D eigenvalue weighted by molar-refractivity contribution is 5.97. The average Bonchev–Trinajstić information content (AvgIpc) is 2.44. The minimum Gasteiger partial charge on any atom is -0.488 e. The van der Waals surface area contributed by atoms with Gasteiger partial charge in [-0.05, 0) is 19.1 Å². The smallest absolute Gasteiger partial charge is 0.362 e. The summed E-state index contributed by atoms with van der Waals surface area (Å²) in [5.74, 6) is -0.299. The van der Waals surface area contributed by atoms with Crippen molar-refractivity contribution in [2.45, 2.75) is 6.92 Å². The van der Waals surface area contributed by atoms with E-state index in [1.165, 1.54) is 0 Å². The summed E-state index contributed by atoms with van der Waals surface area (Å²) in [6.45, 7) is 1.87. The molecule has 6 heteroatoms. The molecule has 0 amide bonds. The summed E-state index contributed by atoms with van der Waals surface area (Å²) in [5, 5.41) is 17.3. The van der Waals surface area contributed by atoms with E-state index in [1.807, 2.05) is 12.1 Å². The SMILES string of the molecule is CCOC(=O)c1nnc2ccccc2c1OCCO. The van der Waals surface area contributed by atoms with Crippen LogP contribution in [-0.2, 0) is 4.74 Å². The van der Waals surface area contributed by atoms with Crippen LogP contribution in [-0.4, -0.2) is 41.1 Å². The van der Waals surface area contributed by atoms with E-state index in [-0.39, 0.29) is 31.3 Å². The van der Waals surface area contributed by atoms with Gasteiger partial charge in [0.2, 0.25) is 5.69 Å². The lowest BCUT2D eigenvalue weighted by Gasteiger charge is -2.11. The van der Waals surface area contributed by atoms with Crippen LogP contribution in [0.4, 0.5) is 0 Å². The first-order chi connectivity index (χ1) is 9.27. The standard InChI is InChI=1S/C13H14N2O4/c1-2-18-13(17)11-12(19-8-7-16)9-5-3-4-6-10(9)14-15-11/h3-6,16H,2,7-8H2,1H3. The van der Waals surface area contributed by atoms with Crippen LogP contribution in [0.25, 0.3) is 10.9 Å². The Morgan fingerprint density at radius 2 is 2.11 bits per heavy atom. The number of nitrogens with zero attached hydrogens (tertiary/aromatic N) is 2. The zero-order valence-corrected chi connectivity index (χ0v) is 10.5. The van der Waals surface area contributed by atoms with Gasteiger partial charge in [0.15, 0.2) is 5.75 Å². The van der Waals surface area contributed by atoms with E-state index in [9.17, 15) is 4.79 Å². The van der Waals surface area contributed by atoms with Crippen LogP contribution in [0.15, 0.2) is 24.3 Å². The Morgan fingerprint density at radius 1 is 1.32 bits per heavy atom. The molecule has 2 rings (SSSR count). The van der Waals surface area contributed by atoms with Gasteiger partial charge in [-0.3, -0.25) is 0 Å². The highest BCUT2D eigenvalue weighted by Gasteiger charge is 2.19. The lowest BCUT2D eigenvalue weighted by atomic mass is 10.2. The maximum absolute atomic E-state index is 11.8. The van der Waals surface area contributed by atoms with Gasteiger partial charge < -0.3 is 14.6 Å². The second-order valence-corrected chi connectivity index (χ2v) is 3.69. The van der Waals surface area contributed by atoms with Crippen LogP contribution in [0.1, 0.15) is 17.4 Å². The quantitative estimate of drug-likeness (QED) is 0.815. The fourth-order valence-corrected chi connectivity index (χ4v) is 1.66. The van der Waals surface area contributed by atoms with Gasteiger partial charge in [-0.15, -0.1) is 10.2 Å². The van der Waals surface area contributed by atoms with E-state index in [2.05, 4.69) is 10.2 Å². The molecule has 6 nitrogen and oxygen atoms in total. The molecular weight excluding hydrogens is 248 g/mol. The predicted octanol–water partition coefficient (Wildman–Crippen LogP) is 1.18. The fourth-order valence-electron chi connectivity index (χ4n) is 1.66. The first kappa shape index (κ1) is 13.2. The molecule has 2 aromatic rings. The lowest BCUT2D eigenvalue weighted by molar-refractivity contribution is 0.0512. The molecule has 1 aromatic heterocycles. The number of carbonyl (C=O) groups excluding carboxylic acids is 1.